The number of carboxylic acid groups (broad SMARTS) is 1. The molecule has 0 spiro atoms. The zero-order valence-electron chi connectivity index (χ0n) is 22.4. The highest BCUT2D eigenvalue weighted by Crippen LogP contribution is 2.40. The number of carbonyl (C=O) groups is 2. The van der Waals surface area contributed by atoms with E-state index in [0.29, 0.717) is 37.8 Å². The molecule has 3 aromatic carbocycles. The van der Waals surface area contributed by atoms with Crippen LogP contribution in [0.15, 0.2) is 60.7 Å². The van der Waals surface area contributed by atoms with Gasteiger partial charge in [0.25, 0.3) is 5.91 Å². The molecule has 0 atom stereocenters. The van der Waals surface area contributed by atoms with E-state index in [9.17, 15) is 22.8 Å². The molecule has 12 heteroatoms. The second-order valence-corrected chi connectivity index (χ2v) is 11.5. The van der Waals surface area contributed by atoms with E-state index in [-0.39, 0.29) is 11.9 Å². The lowest BCUT2D eigenvalue weighted by Crippen LogP contribution is -2.22. The molecular weight excluding hydrogens is 581 g/mol. The quantitative estimate of drug-likeness (QED) is 0.186. The van der Waals surface area contributed by atoms with Gasteiger partial charge in [-0.25, -0.2) is 4.79 Å². The van der Waals surface area contributed by atoms with Gasteiger partial charge in [0.15, 0.2) is 0 Å². The summed E-state index contributed by atoms with van der Waals surface area (Å²) < 4.78 is 49.8. The number of ether oxygens (including phenoxy) is 2. The Kier molecular flexibility index (Phi) is 8.41. The van der Waals surface area contributed by atoms with Gasteiger partial charge in [-0.15, -0.1) is 24.5 Å². The Labute approximate surface area is 242 Å². The number of carbonyl (C=O) groups excluding carboxylic acids is 1. The lowest BCUT2D eigenvalue weighted by atomic mass is 9.78. The lowest BCUT2D eigenvalue weighted by Gasteiger charge is -2.28. The predicted molar refractivity (Wildman–Crippen MR) is 154 cm³/mol. The highest BCUT2D eigenvalue weighted by Gasteiger charge is 2.33. The molecular formula is C29H26ClF3N2O5S. The van der Waals surface area contributed by atoms with Gasteiger partial charge in [0.1, 0.15) is 11.5 Å². The van der Waals surface area contributed by atoms with Gasteiger partial charge in [-0.05, 0) is 85.0 Å². The van der Waals surface area contributed by atoms with Crippen molar-refractivity contribution in [2.24, 2.45) is 0 Å². The van der Waals surface area contributed by atoms with Gasteiger partial charge in [-0.1, -0.05) is 25.4 Å². The fourth-order valence-corrected chi connectivity index (χ4v) is 5.38. The SMILES string of the molecule is CC(C)Oc1cc(OC(F)(F)F)cc(C(C)(C)c2cc(Cl)cc(NC(=O)c3cc4cc(NC(=O)O)ccc4s3)c2)c1. The molecule has 0 fully saturated rings. The van der Waals surface area contributed by atoms with Crippen LogP contribution in [0.1, 0.15) is 48.5 Å². The average Bonchev–Trinajstić information content (AvgIpc) is 3.25. The van der Waals surface area contributed by atoms with Crippen molar-refractivity contribution in [1.82, 2.24) is 0 Å². The van der Waals surface area contributed by atoms with Crippen LogP contribution < -0.4 is 20.1 Å². The third-order valence-corrected chi connectivity index (χ3v) is 7.41. The minimum Gasteiger partial charge on any atom is -0.491 e. The molecule has 41 heavy (non-hydrogen) atoms. The maximum absolute atomic E-state index is 13.1. The number of hydrogen-bond acceptors (Lipinski definition) is 5. The average molecular weight is 607 g/mol. The number of hydrogen-bond donors (Lipinski definition) is 3. The highest BCUT2D eigenvalue weighted by molar-refractivity contribution is 7.20. The van der Waals surface area contributed by atoms with Crippen LogP contribution >= 0.6 is 22.9 Å². The van der Waals surface area contributed by atoms with Gasteiger partial charge in [-0.2, -0.15) is 0 Å². The summed E-state index contributed by atoms with van der Waals surface area (Å²) >= 11 is 7.65. The summed E-state index contributed by atoms with van der Waals surface area (Å²) in [6, 6.07) is 15.7. The van der Waals surface area contributed by atoms with E-state index in [1.54, 1.807) is 62.4 Å². The molecule has 3 N–H and O–H groups in total. The van der Waals surface area contributed by atoms with Crippen LogP contribution in [0.2, 0.25) is 5.02 Å². The van der Waals surface area contributed by atoms with E-state index in [0.717, 1.165) is 4.70 Å². The lowest BCUT2D eigenvalue weighted by molar-refractivity contribution is -0.274. The molecule has 0 unspecified atom stereocenters. The Morgan fingerprint density at radius 3 is 2.24 bits per heavy atom. The van der Waals surface area contributed by atoms with Crippen LogP contribution in [-0.2, 0) is 5.41 Å². The van der Waals surface area contributed by atoms with E-state index in [2.05, 4.69) is 15.4 Å². The van der Waals surface area contributed by atoms with Gasteiger partial charge in [0, 0.05) is 32.6 Å². The van der Waals surface area contributed by atoms with Crippen molar-refractivity contribution in [1.29, 1.82) is 0 Å². The summed E-state index contributed by atoms with van der Waals surface area (Å²) in [6.45, 7) is 7.14. The maximum Gasteiger partial charge on any atom is 0.573 e. The second-order valence-electron chi connectivity index (χ2n) is 10.0. The zero-order chi connectivity index (χ0) is 30.1. The first-order valence-electron chi connectivity index (χ1n) is 12.3. The molecule has 7 nitrogen and oxygen atoms in total. The van der Waals surface area contributed by atoms with Gasteiger partial charge >= 0.3 is 12.5 Å². The molecule has 2 amide bonds. The fourth-order valence-electron chi connectivity index (χ4n) is 4.20. The molecule has 4 rings (SSSR count). The second kappa shape index (κ2) is 11.5. The number of fused-ring (bicyclic) bond motifs is 1. The van der Waals surface area contributed by atoms with Crippen molar-refractivity contribution in [2.75, 3.05) is 10.6 Å². The molecule has 4 aromatic rings. The largest absolute Gasteiger partial charge is 0.573 e. The Morgan fingerprint density at radius 2 is 1.59 bits per heavy atom. The molecule has 1 aromatic heterocycles. The van der Waals surface area contributed by atoms with Gasteiger partial charge in [0.2, 0.25) is 0 Å². The number of thiophene rings is 1. The topological polar surface area (TPSA) is 96.9 Å². The number of benzene rings is 3. The summed E-state index contributed by atoms with van der Waals surface area (Å²) in [5.74, 6) is -0.606. The maximum atomic E-state index is 13.1. The Balaban J connectivity index is 1.64. The standard InChI is InChI=1S/C29H26ClF3N2O5S/c1-15(2)39-22-11-18(12-23(14-22)40-29(31,32)33)28(3,4)17-9-19(30)13-21(10-17)34-26(36)25-8-16-7-20(35-27(37)38)5-6-24(16)41-25/h5-15,35H,1-4H3,(H,34,36)(H,37,38). The van der Waals surface area contributed by atoms with Gasteiger partial charge < -0.3 is 19.9 Å². The number of alkyl halides is 3. The number of nitrogens with one attached hydrogen (secondary N) is 2. The molecule has 216 valence electrons. The number of rotatable bonds is 8. The first-order valence-corrected chi connectivity index (χ1v) is 13.5. The summed E-state index contributed by atoms with van der Waals surface area (Å²) in [7, 11) is 0. The Hall–Kier alpha value is -3.96. The van der Waals surface area contributed by atoms with E-state index >= 15 is 0 Å². The van der Waals surface area contributed by atoms with Crippen LogP contribution in [0, 0.1) is 0 Å². The third kappa shape index (κ3) is 7.62. The van der Waals surface area contributed by atoms with E-state index in [1.807, 2.05) is 13.8 Å². The van der Waals surface area contributed by atoms with E-state index in [4.69, 9.17) is 21.4 Å². The fraction of sp³-hybridized carbons (Fsp3) is 0.241. The molecule has 0 bridgehead atoms. The van der Waals surface area contributed by atoms with Crippen molar-refractivity contribution in [3.05, 3.63) is 81.7 Å². The molecule has 1 heterocycles. The van der Waals surface area contributed by atoms with Crippen LogP contribution in [0.3, 0.4) is 0 Å². The van der Waals surface area contributed by atoms with Gasteiger partial charge in [0.05, 0.1) is 11.0 Å². The summed E-state index contributed by atoms with van der Waals surface area (Å²) in [5, 5.41) is 15.1. The smallest absolute Gasteiger partial charge is 0.491 e. The first-order chi connectivity index (χ1) is 19.1. The Morgan fingerprint density at radius 1 is 0.902 bits per heavy atom. The van der Waals surface area contributed by atoms with Crippen molar-refractivity contribution >= 4 is 56.4 Å². The number of amides is 2. The molecule has 0 radical (unpaired) electrons. The minimum atomic E-state index is -4.88. The molecule has 0 aliphatic carbocycles. The number of anilines is 2. The van der Waals surface area contributed by atoms with Crippen LogP contribution in [0.25, 0.3) is 10.1 Å². The number of halogens is 4. The van der Waals surface area contributed by atoms with Crippen LogP contribution in [0.4, 0.5) is 29.3 Å². The van der Waals surface area contributed by atoms with Crippen molar-refractivity contribution < 1.29 is 37.3 Å². The van der Waals surface area contributed by atoms with Crippen LogP contribution in [0.5, 0.6) is 11.5 Å². The van der Waals surface area contributed by atoms with E-state index in [1.165, 1.54) is 23.5 Å². The van der Waals surface area contributed by atoms with Crippen LogP contribution in [-0.4, -0.2) is 29.6 Å². The summed E-state index contributed by atoms with van der Waals surface area (Å²) in [5.41, 5.74) is 0.987. The molecule has 0 saturated heterocycles. The molecule has 0 saturated carbocycles. The van der Waals surface area contributed by atoms with E-state index < -0.39 is 29.5 Å². The zero-order valence-corrected chi connectivity index (χ0v) is 23.9. The first kappa shape index (κ1) is 30.0. The monoisotopic (exact) mass is 606 g/mol. The highest BCUT2D eigenvalue weighted by atomic mass is 35.5. The Bertz CT molecular complexity index is 1620. The molecule has 0 aliphatic rings. The van der Waals surface area contributed by atoms with Gasteiger partial charge in [-0.3, -0.25) is 10.1 Å². The third-order valence-electron chi connectivity index (χ3n) is 6.08. The summed E-state index contributed by atoms with van der Waals surface area (Å²) in [4.78, 5) is 24.4. The van der Waals surface area contributed by atoms with Crippen molar-refractivity contribution in [3.8, 4) is 11.5 Å². The predicted octanol–water partition coefficient (Wildman–Crippen LogP) is 8.91. The van der Waals surface area contributed by atoms with Crippen molar-refractivity contribution in [3.63, 3.8) is 0 Å². The summed E-state index contributed by atoms with van der Waals surface area (Å²) in [6.07, 6.45) is -6.36. The normalized spacial score (nSPS) is 11.9. The van der Waals surface area contributed by atoms with Crippen molar-refractivity contribution in [2.45, 2.75) is 45.6 Å². The molecule has 0 aliphatic heterocycles. The minimum absolute atomic E-state index is 0.215.